The van der Waals surface area contributed by atoms with Gasteiger partial charge in [0, 0.05) is 16.0 Å². The van der Waals surface area contributed by atoms with Gasteiger partial charge in [0.15, 0.2) is 0 Å². The van der Waals surface area contributed by atoms with Crippen molar-refractivity contribution in [3.63, 3.8) is 0 Å². The minimum Gasteiger partial charge on any atom is -0.246 e. The maximum atomic E-state index is 4.45. The van der Waals surface area contributed by atoms with Gasteiger partial charge in [0.1, 0.15) is 5.01 Å². The molecular formula is C12H13NS2. The lowest BCUT2D eigenvalue weighted by molar-refractivity contribution is 1.18. The van der Waals surface area contributed by atoms with E-state index in [1.165, 1.54) is 15.5 Å². The highest BCUT2D eigenvalue weighted by atomic mass is 32.2. The van der Waals surface area contributed by atoms with Gasteiger partial charge in [-0.1, -0.05) is 17.7 Å². The van der Waals surface area contributed by atoms with Gasteiger partial charge in [-0.05, 0) is 26.0 Å². The van der Waals surface area contributed by atoms with E-state index in [1.807, 2.05) is 18.7 Å². The second kappa shape index (κ2) is 4.81. The van der Waals surface area contributed by atoms with E-state index in [-0.39, 0.29) is 0 Å². The molecule has 0 spiro atoms. The zero-order valence-corrected chi connectivity index (χ0v) is 10.5. The zero-order valence-electron chi connectivity index (χ0n) is 8.86. The molecule has 0 aliphatic heterocycles. The number of hydrogen-bond donors (Lipinski definition) is 0. The molecule has 1 aromatic heterocycles. The minimum absolute atomic E-state index is 0.974. The molecule has 0 saturated carbocycles. The van der Waals surface area contributed by atoms with Gasteiger partial charge >= 0.3 is 0 Å². The number of thiazole rings is 1. The Hall–Kier alpha value is -0.800. The molecule has 0 bridgehead atoms. The lowest BCUT2D eigenvalue weighted by atomic mass is 10.2. The first-order valence-corrected chi connectivity index (χ1v) is 6.71. The molecule has 1 nitrogen and oxygen atoms in total. The molecule has 0 N–H and O–H groups in total. The molecule has 0 aliphatic carbocycles. The van der Waals surface area contributed by atoms with Crippen LogP contribution in [0, 0.1) is 13.8 Å². The van der Waals surface area contributed by atoms with E-state index in [1.54, 1.807) is 11.3 Å². The Labute approximate surface area is 98.6 Å². The fourth-order valence-electron chi connectivity index (χ4n) is 1.32. The van der Waals surface area contributed by atoms with Crippen LogP contribution < -0.4 is 0 Å². The topological polar surface area (TPSA) is 12.9 Å². The molecule has 0 saturated heterocycles. The van der Waals surface area contributed by atoms with Gasteiger partial charge in [0.05, 0.1) is 5.75 Å². The van der Waals surface area contributed by atoms with Gasteiger partial charge < -0.3 is 0 Å². The van der Waals surface area contributed by atoms with Crippen LogP contribution in [0.25, 0.3) is 0 Å². The van der Waals surface area contributed by atoms with E-state index in [4.69, 9.17) is 0 Å². The molecule has 0 fully saturated rings. The Balaban J connectivity index is 1.99. The van der Waals surface area contributed by atoms with Gasteiger partial charge in [-0.2, -0.15) is 0 Å². The number of nitrogens with zero attached hydrogens (tertiary/aromatic N) is 1. The van der Waals surface area contributed by atoms with Gasteiger partial charge in [0.25, 0.3) is 0 Å². The van der Waals surface area contributed by atoms with Gasteiger partial charge in [-0.15, -0.1) is 23.1 Å². The quantitative estimate of drug-likeness (QED) is 0.744. The second-order valence-corrected chi connectivity index (χ2v) is 5.48. The average Bonchev–Trinajstić information content (AvgIpc) is 2.62. The first-order chi connectivity index (χ1) is 7.24. The Kier molecular flexibility index (Phi) is 3.44. The number of thioether (sulfide) groups is 1. The van der Waals surface area contributed by atoms with Crippen molar-refractivity contribution in [3.05, 3.63) is 45.9 Å². The Morgan fingerprint density at radius 3 is 2.87 bits per heavy atom. The molecule has 2 aromatic rings. The van der Waals surface area contributed by atoms with E-state index in [2.05, 4.69) is 41.6 Å². The van der Waals surface area contributed by atoms with Crippen molar-refractivity contribution >= 4 is 23.1 Å². The van der Waals surface area contributed by atoms with E-state index in [0.29, 0.717) is 0 Å². The van der Waals surface area contributed by atoms with Crippen LogP contribution in [0.1, 0.15) is 16.3 Å². The summed E-state index contributed by atoms with van der Waals surface area (Å²) in [6.07, 6.45) is 0. The fourth-order valence-corrected chi connectivity index (χ4v) is 3.12. The summed E-state index contributed by atoms with van der Waals surface area (Å²) in [7, 11) is 0. The highest BCUT2D eigenvalue weighted by Crippen LogP contribution is 2.24. The van der Waals surface area contributed by atoms with Crippen LogP contribution in [0.4, 0.5) is 0 Å². The van der Waals surface area contributed by atoms with Crippen molar-refractivity contribution in [2.24, 2.45) is 0 Å². The smallest absolute Gasteiger partial charge is 0.103 e. The monoisotopic (exact) mass is 235 g/mol. The summed E-state index contributed by atoms with van der Waals surface area (Å²) in [4.78, 5) is 5.77. The third-order valence-electron chi connectivity index (χ3n) is 2.02. The Bertz CT molecular complexity index is 448. The fraction of sp³-hybridized carbons (Fsp3) is 0.250. The van der Waals surface area contributed by atoms with Crippen molar-refractivity contribution in [2.45, 2.75) is 24.5 Å². The van der Waals surface area contributed by atoms with Crippen molar-refractivity contribution in [1.29, 1.82) is 0 Å². The Morgan fingerprint density at radius 2 is 2.20 bits per heavy atom. The number of aryl methyl sites for hydroxylation is 2. The van der Waals surface area contributed by atoms with Crippen LogP contribution >= 0.6 is 23.1 Å². The first-order valence-electron chi connectivity index (χ1n) is 4.84. The van der Waals surface area contributed by atoms with Gasteiger partial charge in [0.2, 0.25) is 0 Å². The highest BCUT2D eigenvalue weighted by molar-refractivity contribution is 7.98. The molecule has 0 unspecified atom stereocenters. The number of benzene rings is 1. The standard InChI is InChI=1S/C12H13NS2/c1-9-4-3-5-11(6-9)14-8-12-13-10(2)7-15-12/h3-7H,8H2,1-2H3. The van der Waals surface area contributed by atoms with Crippen LogP contribution in [-0.4, -0.2) is 4.98 Å². The SMILES string of the molecule is Cc1cccc(SCc2nc(C)cs2)c1. The number of aromatic nitrogens is 1. The molecule has 0 amide bonds. The maximum absolute atomic E-state index is 4.45. The predicted molar refractivity (Wildman–Crippen MR) is 67.6 cm³/mol. The molecule has 78 valence electrons. The summed E-state index contributed by atoms with van der Waals surface area (Å²) in [5.74, 6) is 0.974. The third-order valence-corrected chi connectivity index (χ3v) is 4.17. The Morgan fingerprint density at radius 1 is 1.33 bits per heavy atom. The van der Waals surface area contributed by atoms with Crippen LogP contribution in [0.2, 0.25) is 0 Å². The number of hydrogen-bond acceptors (Lipinski definition) is 3. The summed E-state index contributed by atoms with van der Waals surface area (Å²) in [5, 5.41) is 3.31. The zero-order chi connectivity index (χ0) is 10.7. The highest BCUT2D eigenvalue weighted by Gasteiger charge is 2.00. The maximum Gasteiger partial charge on any atom is 0.103 e. The molecule has 2 rings (SSSR count). The molecule has 1 aromatic carbocycles. The van der Waals surface area contributed by atoms with E-state index in [0.717, 1.165) is 11.4 Å². The van der Waals surface area contributed by atoms with Crippen molar-refractivity contribution in [3.8, 4) is 0 Å². The van der Waals surface area contributed by atoms with Crippen LogP contribution in [0.3, 0.4) is 0 Å². The lowest BCUT2D eigenvalue weighted by Gasteiger charge is -2.00. The summed E-state index contributed by atoms with van der Waals surface area (Å²) in [5.41, 5.74) is 2.44. The first kappa shape index (κ1) is 10.7. The van der Waals surface area contributed by atoms with Crippen LogP contribution in [0.5, 0.6) is 0 Å². The van der Waals surface area contributed by atoms with Crippen molar-refractivity contribution < 1.29 is 0 Å². The van der Waals surface area contributed by atoms with Crippen LogP contribution in [0.15, 0.2) is 34.5 Å². The summed E-state index contributed by atoms with van der Waals surface area (Å²) < 4.78 is 0. The van der Waals surface area contributed by atoms with Gasteiger partial charge in [-0.25, -0.2) is 4.98 Å². The number of rotatable bonds is 3. The predicted octanol–water partition coefficient (Wildman–Crippen LogP) is 4.05. The summed E-state index contributed by atoms with van der Waals surface area (Å²) in [6.45, 7) is 4.16. The minimum atomic E-state index is 0.974. The van der Waals surface area contributed by atoms with E-state index >= 15 is 0 Å². The molecule has 1 heterocycles. The average molecular weight is 235 g/mol. The largest absolute Gasteiger partial charge is 0.246 e. The lowest BCUT2D eigenvalue weighted by Crippen LogP contribution is -1.80. The van der Waals surface area contributed by atoms with Crippen LogP contribution in [-0.2, 0) is 5.75 Å². The second-order valence-electron chi connectivity index (χ2n) is 3.49. The van der Waals surface area contributed by atoms with Gasteiger partial charge in [-0.3, -0.25) is 0 Å². The molecule has 0 radical (unpaired) electrons. The molecule has 15 heavy (non-hydrogen) atoms. The van der Waals surface area contributed by atoms with Crippen molar-refractivity contribution in [1.82, 2.24) is 4.98 Å². The normalized spacial score (nSPS) is 10.5. The third kappa shape index (κ3) is 3.08. The molecule has 3 heteroatoms. The summed E-state index contributed by atoms with van der Waals surface area (Å²) >= 11 is 3.59. The molecule has 0 atom stereocenters. The molecular weight excluding hydrogens is 222 g/mol. The van der Waals surface area contributed by atoms with E-state index < -0.39 is 0 Å². The van der Waals surface area contributed by atoms with Crippen molar-refractivity contribution in [2.75, 3.05) is 0 Å². The summed E-state index contributed by atoms with van der Waals surface area (Å²) in [6, 6.07) is 8.59. The molecule has 0 aliphatic rings. The van der Waals surface area contributed by atoms with E-state index in [9.17, 15) is 0 Å².